The van der Waals surface area contributed by atoms with Crippen molar-refractivity contribution in [3.63, 3.8) is 0 Å². The zero-order valence-electron chi connectivity index (χ0n) is 16.1. The molecule has 136 valence electrons. The van der Waals surface area contributed by atoms with E-state index in [4.69, 9.17) is 4.74 Å². The maximum atomic E-state index is 11.9. The van der Waals surface area contributed by atoms with Crippen molar-refractivity contribution >= 4 is 6.09 Å². The largest absolute Gasteiger partial charge is 0.444 e. The van der Waals surface area contributed by atoms with E-state index in [2.05, 4.69) is 31.4 Å². The number of hydrogen-bond donors (Lipinski definition) is 2. The third-order valence-electron chi connectivity index (χ3n) is 5.13. The van der Waals surface area contributed by atoms with Crippen molar-refractivity contribution in [1.29, 1.82) is 0 Å². The molecule has 0 aliphatic heterocycles. The molecule has 1 rings (SSSR count). The first-order chi connectivity index (χ1) is 10.7. The van der Waals surface area contributed by atoms with Gasteiger partial charge in [-0.3, -0.25) is 0 Å². The minimum absolute atomic E-state index is 0.0302. The van der Waals surface area contributed by atoms with Crippen LogP contribution in [0.25, 0.3) is 0 Å². The van der Waals surface area contributed by atoms with Crippen molar-refractivity contribution in [3.05, 3.63) is 0 Å². The van der Waals surface area contributed by atoms with Crippen LogP contribution in [0.3, 0.4) is 0 Å². The van der Waals surface area contributed by atoms with Gasteiger partial charge in [0.25, 0.3) is 0 Å². The van der Waals surface area contributed by atoms with E-state index in [0.29, 0.717) is 6.54 Å². The van der Waals surface area contributed by atoms with Crippen molar-refractivity contribution in [2.45, 2.75) is 91.2 Å². The SMILES string of the molecule is CCC(CC)(CNC(=O)OC(C)(C)C)NCC1CCCC(C)C1. The summed E-state index contributed by atoms with van der Waals surface area (Å²) in [6.07, 6.45) is 7.08. The fraction of sp³-hybridized carbons (Fsp3) is 0.947. The number of alkyl carbamates (subject to hydrolysis) is 1. The molecular weight excluding hydrogens is 288 g/mol. The molecule has 4 nitrogen and oxygen atoms in total. The minimum Gasteiger partial charge on any atom is -0.444 e. The van der Waals surface area contributed by atoms with Gasteiger partial charge in [-0.1, -0.05) is 33.6 Å². The molecule has 0 radical (unpaired) electrons. The lowest BCUT2D eigenvalue weighted by Gasteiger charge is -2.36. The molecule has 1 amide bonds. The van der Waals surface area contributed by atoms with Gasteiger partial charge in [0.1, 0.15) is 5.60 Å². The van der Waals surface area contributed by atoms with Gasteiger partial charge in [-0.2, -0.15) is 0 Å². The highest BCUT2D eigenvalue weighted by Crippen LogP contribution is 2.28. The van der Waals surface area contributed by atoms with Crippen molar-refractivity contribution in [2.24, 2.45) is 11.8 Å². The van der Waals surface area contributed by atoms with Crippen LogP contribution in [0.1, 0.15) is 80.1 Å². The average molecular weight is 327 g/mol. The molecule has 0 aromatic rings. The second-order valence-electron chi connectivity index (χ2n) is 8.36. The third-order valence-corrected chi connectivity index (χ3v) is 5.13. The summed E-state index contributed by atoms with van der Waals surface area (Å²) in [5.74, 6) is 1.63. The second-order valence-corrected chi connectivity index (χ2v) is 8.36. The number of hydrogen-bond acceptors (Lipinski definition) is 3. The van der Waals surface area contributed by atoms with Crippen LogP contribution in [-0.2, 0) is 4.74 Å². The number of rotatable bonds is 7. The van der Waals surface area contributed by atoms with E-state index >= 15 is 0 Å². The zero-order valence-corrected chi connectivity index (χ0v) is 16.1. The van der Waals surface area contributed by atoms with E-state index in [1.54, 1.807) is 0 Å². The van der Waals surface area contributed by atoms with Crippen molar-refractivity contribution in [3.8, 4) is 0 Å². The number of ether oxygens (including phenoxy) is 1. The molecule has 1 aliphatic carbocycles. The molecule has 2 N–H and O–H groups in total. The molecule has 1 saturated carbocycles. The lowest BCUT2D eigenvalue weighted by atomic mass is 9.81. The summed E-state index contributed by atoms with van der Waals surface area (Å²) in [4.78, 5) is 11.9. The molecule has 1 aliphatic rings. The normalized spacial score (nSPS) is 22.7. The van der Waals surface area contributed by atoms with Crippen molar-refractivity contribution < 1.29 is 9.53 Å². The first-order valence-electron chi connectivity index (χ1n) is 9.41. The van der Waals surface area contributed by atoms with Gasteiger partial charge in [0, 0.05) is 12.1 Å². The third kappa shape index (κ3) is 7.56. The van der Waals surface area contributed by atoms with Crippen LogP contribution in [0.2, 0.25) is 0 Å². The molecule has 0 bridgehead atoms. The van der Waals surface area contributed by atoms with Crippen LogP contribution in [0, 0.1) is 11.8 Å². The number of carbonyl (C=O) groups is 1. The first-order valence-corrected chi connectivity index (χ1v) is 9.41. The van der Waals surface area contributed by atoms with Gasteiger partial charge in [-0.15, -0.1) is 0 Å². The van der Waals surface area contributed by atoms with E-state index < -0.39 is 5.60 Å². The minimum atomic E-state index is -0.448. The Balaban J connectivity index is 2.48. The second kappa shape index (κ2) is 8.91. The van der Waals surface area contributed by atoms with E-state index in [-0.39, 0.29) is 11.6 Å². The zero-order chi connectivity index (χ0) is 17.5. The van der Waals surface area contributed by atoms with Crippen LogP contribution in [-0.4, -0.2) is 30.3 Å². The van der Waals surface area contributed by atoms with Crippen LogP contribution in [0.4, 0.5) is 4.79 Å². The van der Waals surface area contributed by atoms with Crippen molar-refractivity contribution in [2.75, 3.05) is 13.1 Å². The van der Waals surface area contributed by atoms with Crippen LogP contribution in [0.5, 0.6) is 0 Å². The summed E-state index contributed by atoms with van der Waals surface area (Å²) < 4.78 is 5.35. The maximum Gasteiger partial charge on any atom is 0.407 e. The average Bonchev–Trinajstić information content (AvgIpc) is 2.46. The molecule has 1 fully saturated rings. The van der Waals surface area contributed by atoms with Gasteiger partial charge >= 0.3 is 6.09 Å². The Labute approximate surface area is 143 Å². The molecule has 4 heteroatoms. The van der Waals surface area contributed by atoms with Crippen LogP contribution < -0.4 is 10.6 Å². The van der Waals surface area contributed by atoms with Gasteiger partial charge in [0.05, 0.1) is 0 Å². The fourth-order valence-corrected chi connectivity index (χ4v) is 3.47. The van der Waals surface area contributed by atoms with Crippen molar-refractivity contribution in [1.82, 2.24) is 10.6 Å². The summed E-state index contributed by atoms with van der Waals surface area (Å²) in [6.45, 7) is 14.1. The van der Waals surface area contributed by atoms with E-state index in [0.717, 1.165) is 31.2 Å². The maximum absolute atomic E-state index is 11.9. The van der Waals surface area contributed by atoms with Gasteiger partial charge in [-0.25, -0.2) is 4.79 Å². The number of nitrogens with one attached hydrogen (secondary N) is 2. The monoisotopic (exact) mass is 326 g/mol. The summed E-state index contributed by atoms with van der Waals surface area (Å²) in [7, 11) is 0. The topological polar surface area (TPSA) is 50.4 Å². The molecule has 0 aromatic heterocycles. The Morgan fingerprint density at radius 3 is 2.35 bits per heavy atom. The predicted octanol–water partition coefficient (Wildman–Crippen LogP) is 4.49. The van der Waals surface area contributed by atoms with E-state index in [1.165, 1.54) is 25.7 Å². The Bertz CT molecular complexity index is 359. The van der Waals surface area contributed by atoms with Crippen LogP contribution >= 0.6 is 0 Å². The molecule has 0 spiro atoms. The Morgan fingerprint density at radius 1 is 1.17 bits per heavy atom. The summed E-state index contributed by atoms with van der Waals surface area (Å²) in [6, 6.07) is 0. The highest BCUT2D eigenvalue weighted by atomic mass is 16.6. The molecule has 2 atom stereocenters. The standard InChI is InChI=1S/C19H38N2O2/c1-7-19(8-2,14-20-17(22)23-18(4,5)6)21-13-16-11-9-10-15(3)12-16/h15-16,21H,7-14H2,1-6H3,(H,20,22). The Morgan fingerprint density at radius 2 is 1.83 bits per heavy atom. The van der Waals surface area contributed by atoms with Crippen LogP contribution in [0.15, 0.2) is 0 Å². The lowest BCUT2D eigenvalue weighted by molar-refractivity contribution is 0.0506. The molecule has 0 heterocycles. The quantitative estimate of drug-likeness (QED) is 0.725. The molecule has 0 aromatic carbocycles. The highest BCUT2D eigenvalue weighted by molar-refractivity contribution is 5.67. The number of carbonyl (C=O) groups excluding carboxylic acids is 1. The molecular formula is C19H38N2O2. The highest BCUT2D eigenvalue weighted by Gasteiger charge is 2.29. The van der Waals surface area contributed by atoms with E-state index in [9.17, 15) is 4.79 Å². The van der Waals surface area contributed by atoms with Gasteiger partial charge in [0.2, 0.25) is 0 Å². The first kappa shape index (κ1) is 20.3. The summed E-state index contributed by atoms with van der Waals surface area (Å²) in [5.41, 5.74) is -0.478. The Kier molecular flexibility index (Phi) is 7.85. The summed E-state index contributed by atoms with van der Waals surface area (Å²) in [5, 5.41) is 6.73. The molecule has 0 saturated heterocycles. The fourth-order valence-electron chi connectivity index (χ4n) is 3.47. The summed E-state index contributed by atoms with van der Waals surface area (Å²) >= 11 is 0. The van der Waals surface area contributed by atoms with E-state index in [1.807, 2.05) is 20.8 Å². The molecule has 2 unspecified atom stereocenters. The number of amides is 1. The Hall–Kier alpha value is -0.770. The van der Waals surface area contributed by atoms with Gasteiger partial charge < -0.3 is 15.4 Å². The molecule has 23 heavy (non-hydrogen) atoms. The van der Waals surface area contributed by atoms with Gasteiger partial charge in [-0.05, 0) is 64.8 Å². The lowest BCUT2D eigenvalue weighted by Crippen LogP contribution is -2.54. The van der Waals surface area contributed by atoms with Gasteiger partial charge in [0.15, 0.2) is 0 Å². The predicted molar refractivity (Wildman–Crippen MR) is 96.7 cm³/mol. The smallest absolute Gasteiger partial charge is 0.407 e.